The molecule has 1 heterocycles. The predicted molar refractivity (Wildman–Crippen MR) is 135 cm³/mol. The average Bonchev–Trinajstić information content (AvgIpc) is 3.26. The lowest BCUT2D eigenvalue weighted by Gasteiger charge is -2.05. The summed E-state index contributed by atoms with van der Waals surface area (Å²) >= 11 is 1.34. The van der Waals surface area contributed by atoms with Crippen LogP contribution in [-0.4, -0.2) is 24.9 Å². The maximum Gasteiger partial charge on any atom is 0.358 e. The Morgan fingerprint density at radius 3 is 2.52 bits per heavy atom. The Kier molecular flexibility index (Phi) is 11.2. The minimum Gasteiger partial charge on any atom is -0.292 e. The highest BCUT2D eigenvalue weighted by Crippen LogP contribution is 2.27. The number of rotatable bonds is 10. The van der Waals surface area contributed by atoms with Crippen LogP contribution in [-0.2, 0) is 25.6 Å². The summed E-state index contributed by atoms with van der Waals surface area (Å²) in [5, 5.41) is 4.19. The average molecular weight is 489 g/mol. The first-order valence-corrected chi connectivity index (χ1v) is 13.5. The molecule has 0 N–H and O–H groups in total. The first-order valence-electron chi connectivity index (χ1n) is 11.3. The predicted octanol–water partition coefficient (Wildman–Crippen LogP) is 6.33. The fourth-order valence-electron chi connectivity index (χ4n) is 2.94. The van der Waals surface area contributed by atoms with Gasteiger partial charge in [0, 0.05) is 6.42 Å². The summed E-state index contributed by atoms with van der Waals surface area (Å²) in [5.41, 5.74) is 0.888. The molecule has 0 aliphatic heterocycles. The van der Waals surface area contributed by atoms with E-state index in [9.17, 15) is 13.2 Å². The Hall–Kier alpha value is -2.58. The van der Waals surface area contributed by atoms with Gasteiger partial charge in [-0.05, 0) is 51.3 Å². The molecule has 1 aliphatic rings. The topological polar surface area (TPSA) is 85.7 Å². The summed E-state index contributed by atoms with van der Waals surface area (Å²) in [6.07, 6.45) is 13.8. The van der Waals surface area contributed by atoms with Gasteiger partial charge in [-0.15, -0.1) is 11.3 Å². The van der Waals surface area contributed by atoms with Gasteiger partial charge in [-0.3, -0.25) is 9.08 Å². The van der Waals surface area contributed by atoms with E-state index in [4.69, 9.17) is 4.28 Å². The van der Waals surface area contributed by atoms with E-state index in [1.165, 1.54) is 23.5 Å². The first-order chi connectivity index (χ1) is 15.9. The molecule has 0 atom stereocenters. The molecule has 0 amide bonds. The Labute approximate surface area is 201 Å². The van der Waals surface area contributed by atoms with Crippen molar-refractivity contribution in [3.63, 3.8) is 0 Å². The van der Waals surface area contributed by atoms with Crippen LogP contribution in [0.15, 0.2) is 58.6 Å². The van der Waals surface area contributed by atoms with E-state index in [0.29, 0.717) is 5.01 Å². The van der Waals surface area contributed by atoms with Crippen LogP contribution in [0.25, 0.3) is 6.08 Å². The van der Waals surface area contributed by atoms with Gasteiger partial charge in [0.1, 0.15) is 9.90 Å². The summed E-state index contributed by atoms with van der Waals surface area (Å²) < 4.78 is 29.7. The first kappa shape index (κ1) is 26.7. The highest BCUT2D eigenvalue weighted by Gasteiger charge is 2.24. The van der Waals surface area contributed by atoms with Gasteiger partial charge >= 0.3 is 10.1 Å². The van der Waals surface area contributed by atoms with Crippen molar-refractivity contribution in [2.75, 3.05) is 0 Å². The molecular weight excluding hydrogens is 456 g/mol. The molecule has 0 fully saturated rings. The number of nitrogens with zero attached hydrogens (tertiary/aromatic N) is 2. The number of unbranched alkanes of at least 4 members (excludes halogenated alkanes) is 3. The van der Waals surface area contributed by atoms with Crippen molar-refractivity contribution in [2.24, 2.45) is 5.16 Å². The quantitative estimate of drug-likeness (QED) is 0.169. The van der Waals surface area contributed by atoms with Gasteiger partial charge in [0.25, 0.3) is 0 Å². The zero-order chi connectivity index (χ0) is 24.1. The Bertz CT molecular complexity index is 1080. The smallest absolute Gasteiger partial charge is 0.292 e. The van der Waals surface area contributed by atoms with E-state index < -0.39 is 10.1 Å². The molecule has 33 heavy (non-hydrogen) atoms. The van der Waals surface area contributed by atoms with Crippen LogP contribution >= 0.6 is 11.3 Å². The molecular formula is C25H32N2O4S2. The van der Waals surface area contributed by atoms with Gasteiger partial charge in [-0.25, -0.2) is 4.98 Å². The SMILES string of the molecule is C/C=C\C.CCCCCCC(=O)/C(=N\OS(=O)(=O)c1ccccc1)c1nc2c(s1)C=CCC2. The second kappa shape index (κ2) is 13.9. The second-order valence-electron chi connectivity index (χ2n) is 7.45. The van der Waals surface area contributed by atoms with Gasteiger partial charge in [0.05, 0.1) is 10.6 Å². The Morgan fingerprint density at radius 2 is 1.88 bits per heavy atom. The largest absolute Gasteiger partial charge is 0.358 e. The highest BCUT2D eigenvalue weighted by atomic mass is 32.2. The Balaban J connectivity index is 0.000000890. The number of hydrogen-bond acceptors (Lipinski definition) is 7. The molecule has 1 aliphatic carbocycles. The van der Waals surface area contributed by atoms with Gasteiger partial charge in [0.15, 0.2) is 11.5 Å². The van der Waals surface area contributed by atoms with Crippen molar-refractivity contribution in [3.8, 4) is 0 Å². The lowest BCUT2D eigenvalue weighted by molar-refractivity contribution is -0.113. The van der Waals surface area contributed by atoms with Crippen molar-refractivity contribution in [2.45, 2.75) is 70.6 Å². The fourth-order valence-corrected chi connectivity index (χ4v) is 4.73. The minimum absolute atomic E-state index is 0.0140. The number of thiazole rings is 1. The van der Waals surface area contributed by atoms with Crippen LogP contribution in [0.4, 0.5) is 0 Å². The van der Waals surface area contributed by atoms with Gasteiger partial charge in [-0.1, -0.05) is 67.8 Å². The molecule has 0 spiro atoms. The standard InChI is InChI=1S/C21H24N2O4S2.C4H8/c1-2-3-4-8-14-18(24)20(21-22-17-13-9-10-15-19(17)28-21)23-27-29(25,26)16-11-6-5-7-12-16;1-3-4-2/h5-7,10-12,15H,2-4,8-9,13-14H2,1H3;3-4H,1-2H3/b23-20+;4-3-. The number of carbonyl (C=O) groups excluding carboxylic acids is 1. The normalized spacial score (nSPS) is 13.4. The van der Waals surface area contributed by atoms with E-state index >= 15 is 0 Å². The number of carbonyl (C=O) groups is 1. The summed E-state index contributed by atoms with van der Waals surface area (Å²) in [7, 11) is -4.10. The number of aryl methyl sites for hydroxylation is 1. The summed E-state index contributed by atoms with van der Waals surface area (Å²) in [5.74, 6) is -0.251. The molecule has 6 nitrogen and oxygen atoms in total. The fraction of sp³-hybridized carbons (Fsp3) is 0.400. The molecule has 8 heteroatoms. The maximum atomic E-state index is 12.8. The number of aromatic nitrogens is 1. The third-order valence-electron chi connectivity index (χ3n) is 4.86. The van der Waals surface area contributed by atoms with Gasteiger partial charge in [0.2, 0.25) is 0 Å². The van der Waals surface area contributed by atoms with E-state index in [1.54, 1.807) is 18.2 Å². The van der Waals surface area contributed by atoms with Crippen LogP contribution in [0, 0.1) is 0 Å². The van der Waals surface area contributed by atoms with E-state index in [2.05, 4.69) is 23.1 Å². The number of fused-ring (bicyclic) bond motifs is 1. The van der Waals surface area contributed by atoms with Crippen molar-refractivity contribution in [1.29, 1.82) is 0 Å². The zero-order valence-electron chi connectivity index (χ0n) is 19.5. The third-order valence-corrected chi connectivity index (χ3v) is 7.05. The molecule has 0 unspecified atom stereocenters. The molecule has 3 rings (SSSR count). The summed E-state index contributed by atoms with van der Waals surface area (Å²) in [6.45, 7) is 6.10. The number of hydrogen-bond donors (Lipinski definition) is 0. The molecule has 2 aromatic rings. The maximum absolute atomic E-state index is 12.8. The van der Waals surface area contributed by atoms with Crippen molar-refractivity contribution < 1.29 is 17.5 Å². The molecule has 0 saturated carbocycles. The van der Waals surface area contributed by atoms with Crippen molar-refractivity contribution >= 4 is 39.0 Å². The van der Waals surface area contributed by atoms with E-state index in [1.807, 2.05) is 32.1 Å². The van der Waals surface area contributed by atoms with Crippen LogP contribution < -0.4 is 0 Å². The third kappa shape index (κ3) is 8.37. The number of ketones is 1. The molecule has 1 aromatic carbocycles. The molecule has 0 saturated heterocycles. The van der Waals surface area contributed by atoms with E-state index in [0.717, 1.165) is 49.1 Å². The van der Waals surface area contributed by atoms with E-state index in [-0.39, 0.29) is 22.8 Å². The number of benzene rings is 1. The zero-order valence-corrected chi connectivity index (χ0v) is 21.1. The highest BCUT2D eigenvalue weighted by molar-refractivity contribution is 7.86. The minimum atomic E-state index is -4.10. The summed E-state index contributed by atoms with van der Waals surface area (Å²) in [4.78, 5) is 18.3. The van der Waals surface area contributed by atoms with Crippen LogP contribution in [0.1, 0.15) is 74.9 Å². The Morgan fingerprint density at radius 1 is 1.15 bits per heavy atom. The number of Topliss-reactive ketones (excluding diaryl/α,β-unsaturated/α-hetero) is 1. The molecule has 0 bridgehead atoms. The van der Waals surface area contributed by atoms with Crippen LogP contribution in [0.3, 0.4) is 0 Å². The lowest BCUT2D eigenvalue weighted by Crippen LogP contribution is -2.17. The van der Waals surface area contributed by atoms with Crippen molar-refractivity contribution in [1.82, 2.24) is 4.98 Å². The van der Waals surface area contributed by atoms with Crippen LogP contribution in [0.5, 0.6) is 0 Å². The summed E-state index contributed by atoms with van der Waals surface area (Å²) in [6, 6.07) is 7.75. The number of allylic oxidation sites excluding steroid dienone is 3. The molecule has 0 radical (unpaired) electrons. The lowest BCUT2D eigenvalue weighted by atomic mass is 10.1. The van der Waals surface area contributed by atoms with Crippen molar-refractivity contribution in [3.05, 3.63) is 64.1 Å². The molecule has 178 valence electrons. The van der Waals surface area contributed by atoms with Crippen LogP contribution in [0.2, 0.25) is 0 Å². The second-order valence-corrected chi connectivity index (χ2v) is 10.0. The van der Waals surface area contributed by atoms with Gasteiger partial charge in [-0.2, -0.15) is 8.42 Å². The molecule has 1 aromatic heterocycles. The number of oxime groups is 1. The monoisotopic (exact) mass is 488 g/mol. The van der Waals surface area contributed by atoms with Gasteiger partial charge < -0.3 is 0 Å².